The van der Waals surface area contributed by atoms with Gasteiger partial charge in [0.2, 0.25) is 5.91 Å². The van der Waals surface area contributed by atoms with Gasteiger partial charge in [-0.3, -0.25) is 4.79 Å². The van der Waals surface area contributed by atoms with Crippen molar-refractivity contribution in [2.24, 2.45) is 7.05 Å². The molecular formula is C11H19N3O2S. The van der Waals surface area contributed by atoms with E-state index in [9.17, 15) is 4.79 Å². The second-order valence-electron chi connectivity index (χ2n) is 3.72. The topological polar surface area (TPSA) is 56.1 Å². The molecule has 0 spiro atoms. The van der Waals surface area contributed by atoms with Crippen LogP contribution in [0.15, 0.2) is 17.6 Å². The molecule has 6 heteroatoms. The zero-order valence-corrected chi connectivity index (χ0v) is 11.3. The van der Waals surface area contributed by atoms with Gasteiger partial charge in [0.15, 0.2) is 5.16 Å². The van der Waals surface area contributed by atoms with E-state index in [4.69, 9.17) is 4.74 Å². The highest BCUT2D eigenvalue weighted by Gasteiger charge is 2.15. The average Bonchev–Trinajstić information content (AvgIpc) is 2.70. The highest BCUT2D eigenvalue weighted by atomic mass is 32.2. The van der Waals surface area contributed by atoms with E-state index in [1.165, 1.54) is 11.8 Å². The summed E-state index contributed by atoms with van der Waals surface area (Å²) in [6.07, 6.45) is 4.43. The van der Waals surface area contributed by atoms with Crippen molar-refractivity contribution in [1.29, 1.82) is 0 Å². The molecule has 0 aliphatic carbocycles. The summed E-state index contributed by atoms with van der Waals surface area (Å²) in [5.74, 6) is 0.0362. The minimum Gasteiger partial charge on any atom is -0.385 e. The smallest absolute Gasteiger partial charge is 0.233 e. The Morgan fingerprint density at radius 3 is 3.06 bits per heavy atom. The number of hydrogen-bond donors (Lipinski definition) is 1. The van der Waals surface area contributed by atoms with Crippen molar-refractivity contribution >= 4 is 17.7 Å². The summed E-state index contributed by atoms with van der Waals surface area (Å²) >= 11 is 1.46. The molecule has 1 aromatic heterocycles. The summed E-state index contributed by atoms with van der Waals surface area (Å²) in [5, 5.41) is 3.58. The number of thioether (sulfide) groups is 1. The van der Waals surface area contributed by atoms with Gasteiger partial charge in [-0.25, -0.2) is 4.98 Å². The summed E-state index contributed by atoms with van der Waals surface area (Å²) in [6.45, 7) is 3.20. The van der Waals surface area contributed by atoms with E-state index < -0.39 is 0 Å². The van der Waals surface area contributed by atoms with Gasteiger partial charge in [0.05, 0.1) is 5.25 Å². The molecule has 0 bridgehead atoms. The van der Waals surface area contributed by atoms with Crippen LogP contribution in [-0.4, -0.2) is 41.0 Å². The van der Waals surface area contributed by atoms with Crippen molar-refractivity contribution in [3.05, 3.63) is 12.4 Å². The molecule has 1 heterocycles. The van der Waals surface area contributed by atoms with Crippen LogP contribution < -0.4 is 5.32 Å². The number of imidazole rings is 1. The fraction of sp³-hybridized carbons (Fsp3) is 0.636. The van der Waals surface area contributed by atoms with Gasteiger partial charge in [0.25, 0.3) is 0 Å². The van der Waals surface area contributed by atoms with Gasteiger partial charge in [-0.15, -0.1) is 0 Å². The highest BCUT2D eigenvalue weighted by Crippen LogP contribution is 2.20. The second-order valence-corrected chi connectivity index (χ2v) is 5.03. The molecule has 5 nitrogen and oxygen atoms in total. The second kappa shape index (κ2) is 7.34. The van der Waals surface area contributed by atoms with E-state index in [0.29, 0.717) is 13.2 Å². The fourth-order valence-electron chi connectivity index (χ4n) is 1.25. The Morgan fingerprint density at radius 1 is 1.71 bits per heavy atom. The molecule has 1 amide bonds. The summed E-state index contributed by atoms with van der Waals surface area (Å²) in [7, 11) is 3.57. The van der Waals surface area contributed by atoms with Crippen molar-refractivity contribution < 1.29 is 9.53 Å². The highest BCUT2D eigenvalue weighted by molar-refractivity contribution is 8.00. The Balaban J connectivity index is 2.30. The van der Waals surface area contributed by atoms with Gasteiger partial charge in [0, 0.05) is 39.7 Å². The molecule has 1 rings (SSSR count). The normalized spacial score (nSPS) is 12.4. The molecule has 1 aromatic rings. The van der Waals surface area contributed by atoms with Crippen LogP contribution >= 0.6 is 11.8 Å². The number of nitrogens with zero attached hydrogens (tertiary/aromatic N) is 2. The Kier molecular flexibility index (Phi) is 6.07. The molecule has 0 aliphatic heterocycles. The predicted molar refractivity (Wildman–Crippen MR) is 68.0 cm³/mol. The van der Waals surface area contributed by atoms with Gasteiger partial charge in [0.1, 0.15) is 0 Å². The van der Waals surface area contributed by atoms with Gasteiger partial charge < -0.3 is 14.6 Å². The number of carbonyl (C=O) groups excluding carboxylic acids is 1. The lowest BCUT2D eigenvalue weighted by atomic mass is 10.4. The average molecular weight is 257 g/mol. The van der Waals surface area contributed by atoms with Gasteiger partial charge in [-0.2, -0.15) is 0 Å². The number of ether oxygens (including phenoxy) is 1. The van der Waals surface area contributed by atoms with Gasteiger partial charge in [-0.1, -0.05) is 11.8 Å². The number of amides is 1. The minimum absolute atomic E-state index is 0.0362. The van der Waals surface area contributed by atoms with Crippen LogP contribution in [0.5, 0.6) is 0 Å². The van der Waals surface area contributed by atoms with Crippen LogP contribution in [0.25, 0.3) is 0 Å². The summed E-state index contributed by atoms with van der Waals surface area (Å²) in [6, 6.07) is 0. The third-order valence-electron chi connectivity index (χ3n) is 2.25. The summed E-state index contributed by atoms with van der Waals surface area (Å²) in [5.41, 5.74) is 0. The standard InChI is InChI=1S/C11H19N3O2S/c1-9(10(15)12-5-4-8-16-3)17-11-13-6-7-14(11)2/h6-7,9H,4-5,8H2,1-3H3,(H,12,15). The molecule has 96 valence electrons. The summed E-state index contributed by atoms with van der Waals surface area (Å²) in [4.78, 5) is 15.9. The van der Waals surface area contributed by atoms with Crippen molar-refractivity contribution in [2.75, 3.05) is 20.3 Å². The maximum absolute atomic E-state index is 11.7. The van der Waals surface area contributed by atoms with Crippen LogP contribution in [0.4, 0.5) is 0 Å². The van der Waals surface area contributed by atoms with Gasteiger partial charge in [-0.05, 0) is 13.3 Å². The number of aromatic nitrogens is 2. The molecule has 0 aromatic carbocycles. The lowest BCUT2D eigenvalue weighted by Crippen LogP contribution is -2.32. The number of methoxy groups -OCH3 is 1. The maximum Gasteiger partial charge on any atom is 0.233 e. The molecule has 1 atom stereocenters. The van der Waals surface area contributed by atoms with E-state index in [0.717, 1.165) is 11.6 Å². The molecule has 17 heavy (non-hydrogen) atoms. The molecule has 0 radical (unpaired) electrons. The van der Waals surface area contributed by atoms with E-state index >= 15 is 0 Å². The third kappa shape index (κ3) is 4.79. The Hall–Kier alpha value is -1.01. The van der Waals surface area contributed by atoms with Crippen LogP contribution in [0.2, 0.25) is 0 Å². The van der Waals surface area contributed by atoms with Crippen LogP contribution in [0.3, 0.4) is 0 Å². The molecular weight excluding hydrogens is 238 g/mol. The van der Waals surface area contributed by atoms with E-state index in [1.807, 2.05) is 24.7 Å². The Bertz CT molecular complexity index is 354. The van der Waals surface area contributed by atoms with Crippen molar-refractivity contribution in [2.45, 2.75) is 23.8 Å². The van der Waals surface area contributed by atoms with Gasteiger partial charge >= 0.3 is 0 Å². The summed E-state index contributed by atoms with van der Waals surface area (Å²) < 4.78 is 6.82. The predicted octanol–water partition coefficient (Wildman–Crippen LogP) is 1.05. The number of aryl methyl sites for hydroxylation is 1. The van der Waals surface area contributed by atoms with E-state index in [2.05, 4.69) is 10.3 Å². The number of nitrogens with one attached hydrogen (secondary N) is 1. The quantitative estimate of drug-likeness (QED) is 0.586. The molecule has 0 saturated heterocycles. The fourth-order valence-corrected chi connectivity index (χ4v) is 2.10. The van der Waals surface area contributed by atoms with Crippen LogP contribution in [0, 0.1) is 0 Å². The van der Waals surface area contributed by atoms with Crippen molar-refractivity contribution in [3.8, 4) is 0 Å². The van der Waals surface area contributed by atoms with E-state index in [1.54, 1.807) is 13.3 Å². The lowest BCUT2D eigenvalue weighted by Gasteiger charge is -2.11. The molecule has 1 N–H and O–H groups in total. The lowest BCUT2D eigenvalue weighted by molar-refractivity contribution is -0.120. The number of hydrogen-bond acceptors (Lipinski definition) is 4. The Labute approximate surface area is 106 Å². The zero-order chi connectivity index (χ0) is 12.7. The largest absolute Gasteiger partial charge is 0.385 e. The first-order valence-corrected chi connectivity index (χ1v) is 6.43. The molecule has 0 aliphatic rings. The Morgan fingerprint density at radius 2 is 2.47 bits per heavy atom. The first kappa shape index (κ1) is 14.1. The first-order chi connectivity index (χ1) is 8.15. The monoisotopic (exact) mass is 257 g/mol. The van der Waals surface area contributed by atoms with Crippen LogP contribution in [-0.2, 0) is 16.6 Å². The minimum atomic E-state index is -0.140. The van der Waals surface area contributed by atoms with Crippen LogP contribution in [0.1, 0.15) is 13.3 Å². The van der Waals surface area contributed by atoms with Crippen molar-refractivity contribution in [3.63, 3.8) is 0 Å². The first-order valence-electron chi connectivity index (χ1n) is 5.55. The number of rotatable bonds is 7. The molecule has 0 fully saturated rings. The van der Waals surface area contributed by atoms with E-state index in [-0.39, 0.29) is 11.2 Å². The molecule has 1 unspecified atom stereocenters. The van der Waals surface area contributed by atoms with Crippen molar-refractivity contribution in [1.82, 2.24) is 14.9 Å². The number of carbonyl (C=O) groups is 1. The third-order valence-corrected chi connectivity index (χ3v) is 3.42. The molecule has 0 saturated carbocycles. The zero-order valence-electron chi connectivity index (χ0n) is 10.5. The SMILES string of the molecule is COCCCNC(=O)C(C)Sc1nccn1C. The maximum atomic E-state index is 11.7.